The van der Waals surface area contributed by atoms with Crippen LogP contribution < -0.4 is 4.57 Å². The van der Waals surface area contributed by atoms with Crippen LogP contribution in [0.4, 0.5) is 0 Å². The first-order valence-corrected chi connectivity index (χ1v) is 10.5. The van der Waals surface area contributed by atoms with Crippen LogP contribution in [0.25, 0.3) is 33.2 Å². The number of nitrogens with zero attached hydrogens (tertiary/aromatic N) is 2. The van der Waals surface area contributed by atoms with Crippen molar-refractivity contribution in [3.8, 4) is 17.3 Å². The Morgan fingerprint density at radius 1 is 1.00 bits per heavy atom. The number of pyridine rings is 1. The van der Waals surface area contributed by atoms with Gasteiger partial charge in [-0.25, -0.2) is 4.57 Å². The zero-order chi connectivity index (χ0) is 20.0. The third kappa shape index (κ3) is 2.91. The van der Waals surface area contributed by atoms with Gasteiger partial charge in [-0.1, -0.05) is 31.4 Å². The predicted molar refractivity (Wildman–Crippen MR) is 116 cm³/mol. The molecule has 4 aromatic rings. The molecular weight excluding hydrogens is 356 g/mol. The Bertz CT molecular complexity index is 1270. The average Bonchev–Trinajstić information content (AvgIpc) is 3.13. The molecule has 144 valence electrons. The summed E-state index contributed by atoms with van der Waals surface area (Å²) in [4.78, 5) is 0. The van der Waals surface area contributed by atoms with Crippen molar-refractivity contribution in [2.75, 3.05) is 0 Å². The molecule has 2 aromatic heterocycles. The maximum atomic E-state index is 9.66. The normalized spacial score (nSPS) is 15.1. The lowest BCUT2D eigenvalue weighted by Gasteiger charge is -2.22. The second kappa shape index (κ2) is 7.04. The fraction of sp³-hybridized carbons (Fsp3) is 0.308. The number of benzene rings is 2. The van der Waals surface area contributed by atoms with Crippen LogP contribution in [0.3, 0.4) is 0 Å². The largest absolute Gasteiger partial charge is 0.455 e. The topological polar surface area (TPSA) is 40.8 Å². The van der Waals surface area contributed by atoms with Crippen LogP contribution in [0.2, 0.25) is 0 Å². The summed E-state index contributed by atoms with van der Waals surface area (Å²) in [6, 6.07) is 17.0. The summed E-state index contributed by atoms with van der Waals surface area (Å²) in [5.74, 6) is 0.484. The Morgan fingerprint density at radius 3 is 2.59 bits per heavy atom. The second-order valence-corrected chi connectivity index (χ2v) is 8.32. The maximum Gasteiger partial charge on any atom is 0.216 e. The maximum absolute atomic E-state index is 9.66. The van der Waals surface area contributed by atoms with Crippen molar-refractivity contribution in [2.45, 2.75) is 44.9 Å². The predicted octanol–water partition coefficient (Wildman–Crippen LogP) is 6.31. The molecule has 1 aliphatic rings. The highest BCUT2D eigenvalue weighted by molar-refractivity contribution is 6.11. The summed E-state index contributed by atoms with van der Waals surface area (Å²) in [6.07, 6.45) is 8.25. The number of fused-ring (bicyclic) bond motifs is 3. The molecule has 29 heavy (non-hydrogen) atoms. The van der Waals surface area contributed by atoms with Crippen LogP contribution in [0.5, 0.6) is 0 Å². The molecule has 0 atom stereocenters. The lowest BCUT2D eigenvalue weighted by molar-refractivity contribution is -0.660. The highest BCUT2D eigenvalue weighted by Crippen LogP contribution is 2.43. The van der Waals surface area contributed by atoms with Crippen molar-refractivity contribution in [1.82, 2.24) is 0 Å². The molecule has 0 N–H and O–H groups in total. The van der Waals surface area contributed by atoms with E-state index in [2.05, 4.69) is 61.1 Å². The molecule has 5 rings (SSSR count). The van der Waals surface area contributed by atoms with E-state index in [1.807, 2.05) is 12.1 Å². The highest BCUT2D eigenvalue weighted by atomic mass is 16.3. The Labute approximate surface area is 171 Å². The minimum atomic E-state index is 0.484. The van der Waals surface area contributed by atoms with Crippen molar-refractivity contribution < 1.29 is 8.98 Å². The molecule has 1 saturated carbocycles. The molecule has 0 radical (unpaired) electrons. The molecule has 3 heteroatoms. The summed E-state index contributed by atoms with van der Waals surface area (Å²) < 4.78 is 8.77. The Hall–Kier alpha value is -3.12. The number of hydrogen-bond acceptors (Lipinski definition) is 2. The number of aromatic nitrogens is 1. The quantitative estimate of drug-likeness (QED) is 0.382. The molecule has 2 heterocycles. The third-order valence-corrected chi connectivity index (χ3v) is 6.46. The van der Waals surface area contributed by atoms with Gasteiger partial charge in [0.2, 0.25) is 5.69 Å². The van der Waals surface area contributed by atoms with Gasteiger partial charge >= 0.3 is 0 Å². The van der Waals surface area contributed by atoms with Crippen molar-refractivity contribution in [3.63, 3.8) is 0 Å². The van der Waals surface area contributed by atoms with E-state index in [0.29, 0.717) is 5.92 Å². The van der Waals surface area contributed by atoms with Gasteiger partial charge in [-0.2, -0.15) is 5.26 Å². The van der Waals surface area contributed by atoms with E-state index < -0.39 is 0 Å². The third-order valence-electron chi connectivity index (χ3n) is 6.46. The molecule has 0 unspecified atom stereocenters. The molecule has 2 aromatic carbocycles. The first kappa shape index (κ1) is 17.9. The lowest BCUT2D eigenvalue weighted by atomic mass is 9.83. The van der Waals surface area contributed by atoms with Gasteiger partial charge in [-0.3, -0.25) is 0 Å². The van der Waals surface area contributed by atoms with Crippen LogP contribution in [-0.2, 0) is 7.05 Å². The van der Waals surface area contributed by atoms with E-state index in [1.165, 1.54) is 43.2 Å². The van der Waals surface area contributed by atoms with Crippen molar-refractivity contribution in [3.05, 3.63) is 65.4 Å². The Kier molecular flexibility index (Phi) is 4.36. The average molecular weight is 381 g/mol. The first-order chi connectivity index (χ1) is 14.2. The number of nitriles is 1. The molecular formula is C26H25N2O+. The molecule has 1 aliphatic carbocycles. The van der Waals surface area contributed by atoms with Gasteiger partial charge in [0.15, 0.2) is 6.20 Å². The van der Waals surface area contributed by atoms with E-state index in [4.69, 9.17) is 4.42 Å². The summed E-state index contributed by atoms with van der Waals surface area (Å²) >= 11 is 0. The zero-order valence-electron chi connectivity index (χ0n) is 17.0. The molecule has 0 amide bonds. The minimum absolute atomic E-state index is 0.484. The molecule has 3 nitrogen and oxygen atoms in total. The Balaban J connectivity index is 1.85. The fourth-order valence-electron chi connectivity index (χ4n) is 4.95. The standard InChI is InChI=1S/C26H25N2O/c1-17-11-12-20-22-15-18(16-27)14-21(19-8-4-3-5-9-19)25(22)29-26(20)24(17)23-10-6-7-13-28(23)2/h6-7,10-15,19H,3-5,8-9H2,1-2H3/q+1. The molecule has 0 bridgehead atoms. The molecule has 1 fully saturated rings. The lowest BCUT2D eigenvalue weighted by Crippen LogP contribution is -2.30. The van der Waals surface area contributed by atoms with Gasteiger partial charge in [0.05, 0.1) is 17.2 Å². The van der Waals surface area contributed by atoms with Crippen molar-refractivity contribution >= 4 is 21.9 Å². The van der Waals surface area contributed by atoms with Crippen LogP contribution >= 0.6 is 0 Å². The zero-order valence-corrected chi connectivity index (χ0v) is 17.0. The first-order valence-electron chi connectivity index (χ1n) is 10.5. The van der Waals surface area contributed by atoms with Crippen LogP contribution in [-0.4, -0.2) is 0 Å². The van der Waals surface area contributed by atoms with E-state index in [9.17, 15) is 5.26 Å². The summed E-state index contributed by atoms with van der Waals surface area (Å²) in [5.41, 5.74) is 7.30. The van der Waals surface area contributed by atoms with E-state index in [1.54, 1.807) is 0 Å². The SMILES string of the molecule is Cc1ccc2c(oc3c(C4CCCCC4)cc(C#N)cc32)c1-c1cccc[n+]1C. The van der Waals surface area contributed by atoms with Crippen LogP contribution in [0, 0.1) is 18.3 Å². The van der Waals surface area contributed by atoms with Gasteiger partial charge in [0.1, 0.15) is 18.2 Å². The number of furan rings is 1. The van der Waals surface area contributed by atoms with E-state index in [0.717, 1.165) is 38.8 Å². The van der Waals surface area contributed by atoms with Gasteiger partial charge < -0.3 is 4.42 Å². The monoisotopic (exact) mass is 381 g/mol. The van der Waals surface area contributed by atoms with E-state index in [-0.39, 0.29) is 0 Å². The highest BCUT2D eigenvalue weighted by Gasteiger charge is 2.25. The van der Waals surface area contributed by atoms with Gasteiger partial charge in [0, 0.05) is 22.9 Å². The summed E-state index contributed by atoms with van der Waals surface area (Å²) in [7, 11) is 2.07. The smallest absolute Gasteiger partial charge is 0.216 e. The van der Waals surface area contributed by atoms with Gasteiger partial charge in [-0.15, -0.1) is 0 Å². The number of hydrogen-bond donors (Lipinski definition) is 0. The molecule has 0 saturated heterocycles. The minimum Gasteiger partial charge on any atom is -0.455 e. The Morgan fingerprint density at radius 2 is 1.83 bits per heavy atom. The fourth-order valence-corrected chi connectivity index (χ4v) is 4.95. The van der Waals surface area contributed by atoms with Crippen molar-refractivity contribution in [2.24, 2.45) is 7.05 Å². The molecule has 0 aliphatic heterocycles. The van der Waals surface area contributed by atoms with Crippen molar-refractivity contribution in [1.29, 1.82) is 5.26 Å². The second-order valence-electron chi connectivity index (χ2n) is 8.32. The summed E-state index contributed by atoms with van der Waals surface area (Å²) in [5, 5.41) is 11.8. The van der Waals surface area contributed by atoms with Gasteiger partial charge in [0.25, 0.3) is 0 Å². The number of aryl methyl sites for hydroxylation is 2. The summed E-state index contributed by atoms with van der Waals surface area (Å²) in [6.45, 7) is 2.14. The molecule has 0 spiro atoms. The van der Waals surface area contributed by atoms with Crippen LogP contribution in [0.15, 0.2) is 53.1 Å². The van der Waals surface area contributed by atoms with Crippen LogP contribution in [0.1, 0.15) is 54.7 Å². The number of rotatable bonds is 2. The van der Waals surface area contributed by atoms with Gasteiger partial charge in [-0.05, 0) is 55.0 Å². The van der Waals surface area contributed by atoms with E-state index >= 15 is 0 Å².